The van der Waals surface area contributed by atoms with Crippen LogP contribution in [-0.2, 0) is 6.54 Å². The molecule has 0 aliphatic carbocycles. The molecule has 4 heteroatoms. The van der Waals surface area contributed by atoms with Crippen LogP contribution in [0.25, 0.3) is 0 Å². The summed E-state index contributed by atoms with van der Waals surface area (Å²) in [6.45, 7) is 1.85. The van der Waals surface area contributed by atoms with E-state index in [2.05, 4.69) is 11.2 Å². The van der Waals surface area contributed by atoms with E-state index in [1.165, 1.54) is 4.88 Å². The van der Waals surface area contributed by atoms with E-state index in [4.69, 9.17) is 11.2 Å². The van der Waals surface area contributed by atoms with Crippen molar-refractivity contribution in [1.82, 2.24) is 5.32 Å². The lowest BCUT2D eigenvalue weighted by molar-refractivity contribution is 0.411. The van der Waals surface area contributed by atoms with Gasteiger partial charge in [-0.3, -0.25) is 0 Å². The van der Waals surface area contributed by atoms with Gasteiger partial charge in [0.25, 0.3) is 0 Å². The minimum Gasteiger partial charge on any atom is -0.496 e. The molecule has 0 aliphatic heterocycles. The van der Waals surface area contributed by atoms with Crippen molar-refractivity contribution >= 4 is 23.1 Å². The molecule has 0 spiro atoms. The van der Waals surface area contributed by atoms with Gasteiger partial charge in [0.15, 0.2) is 0 Å². The van der Waals surface area contributed by atoms with Crippen LogP contribution in [0.15, 0.2) is 11.4 Å². The van der Waals surface area contributed by atoms with Crippen molar-refractivity contribution in [3.05, 3.63) is 16.3 Å². The summed E-state index contributed by atoms with van der Waals surface area (Å²) in [6.07, 6.45) is 5.15. The van der Waals surface area contributed by atoms with Gasteiger partial charge in [0, 0.05) is 18.8 Å². The van der Waals surface area contributed by atoms with Crippen LogP contribution in [0.4, 0.5) is 0 Å². The van der Waals surface area contributed by atoms with Crippen LogP contribution in [0.3, 0.4) is 0 Å². The Morgan fingerprint density at radius 1 is 1.67 bits per heavy atom. The Bertz CT molecular complexity index is 317. The molecule has 1 heterocycles. The summed E-state index contributed by atoms with van der Waals surface area (Å²) in [5.74, 6) is 5.43. The van der Waals surface area contributed by atoms with Crippen LogP contribution in [0.5, 0.6) is 5.75 Å². The van der Waals surface area contributed by atoms with Crippen LogP contribution in [0, 0.1) is 12.3 Å². The summed E-state index contributed by atoms with van der Waals surface area (Å²) >= 11 is 3.49. The van der Waals surface area contributed by atoms with Gasteiger partial charge in [0.2, 0.25) is 0 Å². The molecule has 0 saturated heterocycles. The van der Waals surface area contributed by atoms with Gasteiger partial charge in [-0.1, -0.05) is 5.92 Å². The Balaban J connectivity index is 2.12. The topological polar surface area (TPSA) is 21.3 Å². The second kappa shape index (κ2) is 7.63. The molecule has 0 unspecified atom stereocenters. The van der Waals surface area contributed by atoms with Crippen molar-refractivity contribution in [1.29, 1.82) is 0 Å². The van der Waals surface area contributed by atoms with E-state index in [0.717, 1.165) is 30.3 Å². The molecule has 1 rings (SSSR count). The molecule has 15 heavy (non-hydrogen) atoms. The molecule has 1 aromatic heterocycles. The smallest absolute Gasteiger partial charge is 0.134 e. The number of terminal acetylenes is 1. The maximum atomic E-state index is 5.22. The molecule has 2 nitrogen and oxygen atoms in total. The third-order valence-corrected chi connectivity index (χ3v) is 3.58. The highest BCUT2D eigenvalue weighted by atomic mass is 32.2. The zero-order valence-electron chi connectivity index (χ0n) is 8.79. The van der Waals surface area contributed by atoms with Gasteiger partial charge >= 0.3 is 0 Å². The van der Waals surface area contributed by atoms with E-state index >= 15 is 0 Å². The highest BCUT2D eigenvalue weighted by Gasteiger charge is 2.02. The Kier molecular flexibility index (Phi) is 6.33. The minimum atomic E-state index is 0.796. The highest BCUT2D eigenvalue weighted by molar-refractivity contribution is 7.99. The van der Waals surface area contributed by atoms with Gasteiger partial charge in [-0.2, -0.15) is 0 Å². The van der Waals surface area contributed by atoms with Crippen LogP contribution < -0.4 is 10.1 Å². The van der Waals surface area contributed by atoms with Gasteiger partial charge in [0.05, 0.1) is 17.7 Å². The zero-order valence-corrected chi connectivity index (χ0v) is 10.4. The number of ether oxygens (including phenoxy) is 1. The van der Waals surface area contributed by atoms with Crippen LogP contribution in [0.2, 0.25) is 0 Å². The van der Waals surface area contributed by atoms with Crippen LogP contribution >= 0.6 is 23.1 Å². The first-order valence-corrected chi connectivity index (χ1v) is 6.74. The summed E-state index contributed by atoms with van der Waals surface area (Å²) in [7, 11) is 1.70. The number of thioether (sulfide) groups is 1. The molecule has 0 saturated carbocycles. The van der Waals surface area contributed by atoms with E-state index in [-0.39, 0.29) is 0 Å². The first-order valence-electron chi connectivity index (χ1n) is 4.70. The molecule has 0 fully saturated rings. The van der Waals surface area contributed by atoms with Crippen molar-refractivity contribution < 1.29 is 4.74 Å². The molecule has 82 valence electrons. The molecule has 0 amide bonds. The average molecular weight is 241 g/mol. The first kappa shape index (κ1) is 12.4. The summed E-state index contributed by atoms with van der Waals surface area (Å²) in [4.78, 5) is 1.25. The van der Waals surface area contributed by atoms with Crippen LogP contribution in [-0.4, -0.2) is 25.2 Å². The lowest BCUT2D eigenvalue weighted by Gasteiger charge is -2.04. The highest BCUT2D eigenvalue weighted by Crippen LogP contribution is 2.23. The summed E-state index contributed by atoms with van der Waals surface area (Å²) in [5, 5.41) is 5.41. The van der Waals surface area contributed by atoms with E-state index in [9.17, 15) is 0 Å². The van der Waals surface area contributed by atoms with Crippen molar-refractivity contribution in [2.75, 3.05) is 25.2 Å². The Labute approximate surface area is 99.4 Å². The van der Waals surface area contributed by atoms with Gasteiger partial charge in [-0.05, 0) is 11.4 Å². The SMILES string of the molecule is C#CCSCCNCc1sccc1OC. The Hall–Kier alpha value is -0.630. The normalized spacial score (nSPS) is 9.87. The van der Waals surface area contributed by atoms with Gasteiger partial charge in [-0.25, -0.2) is 0 Å². The molecule has 0 aliphatic rings. The second-order valence-electron chi connectivity index (χ2n) is 2.85. The van der Waals surface area contributed by atoms with Crippen molar-refractivity contribution in [3.63, 3.8) is 0 Å². The number of methoxy groups -OCH3 is 1. The summed E-state index contributed by atoms with van der Waals surface area (Å²) in [5.41, 5.74) is 0. The predicted molar refractivity (Wildman–Crippen MR) is 68.7 cm³/mol. The van der Waals surface area contributed by atoms with Crippen molar-refractivity contribution in [2.24, 2.45) is 0 Å². The molecular formula is C11H15NOS2. The molecule has 0 atom stereocenters. The third kappa shape index (κ3) is 4.61. The van der Waals surface area contributed by atoms with Gasteiger partial charge in [0.1, 0.15) is 5.75 Å². The Morgan fingerprint density at radius 3 is 3.27 bits per heavy atom. The van der Waals surface area contributed by atoms with Crippen LogP contribution in [0.1, 0.15) is 4.88 Å². The largest absolute Gasteiger partial charge is 0.496 e. The van der Waals surface area contributed by atoms with Crippen molar-refractivity contribution in [3.8, 4) is 18.1 Å². The number of nitrogens with one attached hydrogen (secondary N) is 1. The summed E-state index contributed by atoms with van der Waals surface area (Å²) < 4.78 is 5.22. The second-order valence-corrected chi connectivity index (χ2v) is 4.95. The maximum absolute atomic E-state index is 5.22. The van der Waals surface area contributed by atoms with E-state index in [1.807, 2.05) is 11.4 Å². The maximum Gasteiger partial charge on any atom is 0.134 e. The quantitative estimate of drug-likeness (QED) is 0.584. The molecule has 1 aromatic rings. The number of thiophene rings is 1. The fourth-order valence-electron chi connectivity index (χ4n) is 1.12. The van der Waals surface area contributed by atoms with Crippen molar-refractivity contribution in [2.45, 2.75) is 6.54 Å². The molecule has 0 radical (unpaired) electrons. The fourth-order valence-corrected chi connectivity index (χ4v) is 2.48. The van der Waals surface area contributed by atoms with E-state index in [0.29, 0.717) is 0 Å². The Morgan fingerprint density at radius 2 is 2.53 bits per heavy atom. The number of hydrogen-bond acceptors (Lipinski definition) is 4. The van der Waals surface area contributed by atoms with E-state index < -0.39 is 0 Å². The van der Waals surface area contributed by atoms with Gasteiger partial charge in [-0.15, -0.1) is 29.5 Å². The summed E-state index contributed by atoms with van der Waals surface area (Å²) in [6, 6.07) is 1.99. The van der Waals surface area contributed by atoms with E-state index in [1.54, 1.807) is 30.2 Å². The number of rotatable bonds is 7. The first-order chi connectivity index (χ1) is 7.38. The predicted octanol–water partition coefficient (Wildman–Crippen LogP) is 2.21. The molecule has 0 bridgehead atoms. The zero-order chi connectivity index (χ0) is 10.9. The molecular weight excluding hydrogens is 226 g/mol. The monoisotopic (exact) mass is 241 g/mol. The third-order valence-electron chi connectivity index (χ3n) is 1.82. The minimum absolute atomic E-state index is 0.796. The van der Waals surface area contributed by atoms with Gasteiger partial charge < -0.3 is 10.1 Å². The lowest BCUT2D eigenvalue weighted by atomic mass is 10.4. The molecule has 1 N–H and O–H groups in total. The lowest BCUT2D eigenvalue weighted by Crippen LogP contribution is -2.16. The molecule has 0 aromatic carbocycles. The fraction of sp³-hybridized carbons (Fsp3) is 0.455. The standard InChI is InChI=1S/C11H15NOS2/c1-3-6-14-8-5-12-9-11-10(13-2)4-7-15-11/h1,4,7,12H,5-6,8-9H2,2H3. The number of hydrogen-bond donors (Lipinski definition) is 1. The average Bonchev–Trinajstić information content (AvgIpc) is 2.70.